The summed E-state index contributed by atoms with van der Waals surface area (Å²) in [7, 11) is 0. The normalized spacial score (nSPS) is 10.4. The highest BCUT2D eigenvalue weighted by Crippen LogP contribution is 2.29. The summed E-state index contributed by atoms with van der Waals surface area (Å²) in [4.78, 5) is 10.7. The van der Waals surface area contributed by atoms with Crippen LogP contribution in [0.1, 0.15) is 0 Å². The molecule has 0 saturated carbocycles. The number of hydrogen-bond donors (Lipinski definition) is 0. The van der Waals surface area contributed by atoms with E-state index in [1.807, 2.05) is 60.7 Å². The monoisotopic (exact) mass is 265 g/mol. The topological polar surface area (TPSA) is 61.0 Å². The second-order valence-electron chi connectivity index (χ2n) is 4.27. The van der Waals surface area contributed by atoms with Crippen molar-refractivity contribution in [3.63, 3.8) is 0 Å². The zero-order chi connectivity index (χ0) is 13.9. The lowest BCUT2D eigenvalue weighted by molar-refractivity contribution is -0.389. The fraction of sp³-hybridized carbons (Fsp3) is 0. The van der Waals surface area contributed by atoms with Crippen LogP contribution in [0.5, 0.6) is 0 Å². The van der Waals surface area contributed by atoms with E-state index in [1.54, 1.807) is 6.20 Å². The summed E-state index contributed by atoms with van der Waals surface area (Å²) in [6.45, 7) is 0. The average molecular weight is 265 g/mol. The molecule has 0 saturated heterocycles. The zero-order valence-corrected chi connectivity index (χ0v) is 10.5. The van der Waals surface area contributed by atoms with Crippen molar-refractivity contribution in [2.24, 2.45) is 0 Å². The molecule has 98 valence electrons. The van der Waals surface area contributed by atoms with Gasteiger partial charge in [-0.1, -0.05) is 48.5 Å². The molecular weight excluding hydrogens is 254 g/mol. The lowest BCUT2D eigenvalue weighted by Gasteiger charge is -1.96. The van der Waals surface area contributed by atoms with Gasteiger partial charge >= 0.3 is 5.82 Å². The van der Waals surface area contributed by atoms with Crippen molar-refractivity contribution in [1.82, 2.24) is 9.78 Å². The predicted molar refractivity (Wildman–Crippen MR) is 75.7 cm³/mol. The van der Waals surface area contributed by atoms with E-state index in [9.17, 15) is 10.1 Å². The van der Waals surface area contributed by atoms with Crippen LogP contribution in [0.3, 0.4) is 0 Å². The third kappa shape index (κ3) is 2.16. The smallest absolute Gasteiger partial charge is 0.358 e. The van der Waals surface area contributed by atoms with Crippen molar-refractivity contribution in [3.05, 3.63) is 77.0 Å². The van der Waals surface area contributed by atoms with Crippen molar-refractivity contribution in [2.75, 3.05) is 0 Å². The molecule has 2 aromatic carbocycles. The lowest BCUT2D eigenvalue weighted by atomic mass is 10.1. The van der Waals surface area contributed by atoms with E-state index in [2.05, 4.69) is 5.10 Å². The van der Waals surface area contributed by atoms with Gasteiger partial charge in [-0.25, -0.2) is 0 Å². The Bertz CT molecular complexity index is 736. The Balaban J connectivity index is 2.15. The Labute approximate surface area is 115 Å². The number of aromatic nitrogens is 2. The van der Waals surface area contributed by atoms with E-state index < -0.39 is 4.92 Å². The van der Waals surface area contributed by atoms with E-state index >= 15 is 0 Å². The molecule has 0 aliphatic carbocycles. The summed E-state index contributed by atoms with van der Waals surface area (Å²) in [5.74, 6) is -0.139. The minimum Gasteiger partial charge on any atom is -0.358 e. The maximum Gasteiger partial charge on any atom is 0.398 e. The Kier molecular flexibility index (Phi) is 3.01. The predicted octanol–water partition coefficient (Wildman–Crippen LogP) is 3.45. The molecule has 20 heavy (non-hydrogen) atoms. The SMILES string of the molecule is O=[N+]([O-])c1nn(-c2ccccc2)cc1-c1ccccc1. The lowest BCUT2D eigenvalue weighted by Crippen LogP contribution is -1.96. The van der Waals surface area contributed by atoms with Gasteiger partial charge in [0, 0.05) is 0 Å². The van der Waals surface area contributed by atoms with Gasteiger partial charge in [-0.05, 0) is 22.6 Å². The van der Waals surface area contributed by atoms with Gasteiger partial charge in [0.05, 0.1) is 17.0 Å². The highest BCUT2D eigenvalue weighted by Gasteiger charge is 2.22. The third-order valence-corrected chi connectivity index (χ3v) is 2.97. The van der Waals surface area contributed by atoms with E-state index in [-0.39, 0.29) is 5.82 Å². The number of nitrogens with zero attached hydrogens (tertiary/aromatic N) is 3. The molecule has 0 unspecified atom stereocenters. The molecule has 1 aromatic heterocycles. The van der Waals surface area contributed by atoms with Crippen molar-refractivity contribution in [3.8, 4) is 16.8 Å². The van der Waals surface area contributed by atoms with Crippen LogP contribution in [0, 0.1) is 10.1 Å². The van der Waals surface area contributed by atoms with E-state index in [0.717, 1.165) is 11.3 Å². The number of hydrogen-bond acceptors (Lipinski definition) is 3. The van der Waals surface area contributed by atoms with Crippen LogP contribution >= 0.6 is 0 Å². The molecule has 0 radical (unpaired) electrons. The number of nitro groups is 1. The van der Waals surface area contributed by atoms with Gasteiger partial charge < -0.3 is 10.1 Å². The van der Waals surface area contributed by atoms with Crippen LogP contribution < -0.4 is 0 Å². The minimum atomic E-state index is -0.457. The molecule has 3 aromatic rings. The van der Waals surface area contributed by atoms with Crippen LogP contribution in [0.4, 0.5) is 5.82 Å². The van der Waals surface area contributed by atoms with E-state index in [4.69, 9.17) is 0 Å². The van der Waals surface area contributed by atoms with Crippen molar-refractivity contribution >= 4 is 5.82 Å². The second-order valence-corrected chi connectivity index (χ2v) is 4.27. The molecule has 0 aliphatic rings. The van der Waals surface area contributed by atoms with Gasteiger partial charge in [0.25, 0.3) is 0 Å². The summed E-state index contributed by atoms with van der Waals surface area (Å²) in [6.07, 6.45) is 1.68. The first kappa shape index (κ1) is 12.1. The van der Waals surface area contributed by atoms with Gasteiger partial charge in [-0.2, -0.15) is 0 Å². The number of para-hydroxylation sites is 1. The molecule has 5 heteroatoms. The van der Waals surface area contributed by atoms with Crippen LogP contribution in [-0.4, -0.2) is 14.7 Å². The first-order valence-corrected chi connectivity index (χ1v) is 6.10. The summed E-state index contributed by atoms with van der Waals surface area (Å²) in [6, 6.07) is 18.6. The Morgan fingerprint density at radius 1 is 0.950 bits per heavy atom. The highest BCUT2D eigenvalue weighted by atomic mass is 16.6. The maximum atomic E-state index is 11.2. The van der Waals surface area contributed by atoms with Gasteiger partial charge in [0.1, 0.15) is 5.56 Å². The van der Waals surface area contributed by atoms with Gasteiger partial charge in [-0.3, -0.25) is 0 Å². The highest BCUT2D eigenvalue weighted by molar-refractivity contribution is 5.71. The Morgan fingerprint density at radius 2 is 1.55 bits per heavy atom. The Morgan fingerprint density at radius 3 is 2.15 bits per heavy atom. The molecule has 0 aliphatic heterocycles. The quantitative estimate of drug-likeness (QED) is 0.538. The molecule has 0 fully saturated rings. The summed E-state index contributed by atoms with van der Waals surface area (Å²) in [5, 5.41) is 15.2. The van der Waals surface area contributed by atoms with Crippen LogP contribution in [0.15, 0.2) is 66.9 Å². The summed E-state index contributed by atoms with van der Waals surface area (Å²) >= 11 is 0. The number of benzene rings is 2. The van der Waals surface area contributed by atoms with Gasteiger partial charge in [0.2, 0.25) is 0 Å². The average Bonchev–Trinajstić information content (AvgIpc) is 2.94. The summed E-state index contributed by atoms with van der Waals surface area (Å²) in [5.41, 5.74) is 2.08. The molecule has 0 N–H and O–H groups in total. The Hall–Kier alpha value is -2.95. The van der Waals surface area contributed by atoms with Crippen molar-refractivity contribution in [1.29, 1.82) is 0 Å². The van der Waals surface area contributed by atoms with E-state index in [1.165, 1.54) is 4.68 Å². The fourth-order valence-corrected chi connectivity index (χ4v) is 2.03. The standard InChI is InChI=1S/C15H11N3O2/c19-18(20)15-14(12-7-3-1-4-8-12)11-17(16-15)13-9-5-2-6-10-13/h1-11H. The maximum absolute atomic E-state index is 11.2. The molecule has 0 spiro atoms. The molecule has 5 nitrogen and oxygen atoms in total. The largest absolute Gasteiger partial charge is 0.398 e. The first-order valence-electron chi connectivity index (χ1n) is 6.10. The van der Waals surface area contributed by atoms with Crippen LogP contribution in [0.2, 0.25) is 0 Å². The summed E-state index contributed by atoms with van der Waals surface area (Å²) < 4.78 is 1.53. The fourth-order valence-electron chi connectivity index (χ4n) is 2.03. The second kappa shape index (κ2) is 4.97. The molecular formula is C15H11N3O2. The first-order chi connectivity index (χ1) is 9.75. The minimum absolute atomic E-state index is 0.139. The third-order valence-electron chi connectivity index (χ3n) is 2.97. The van der Waals surface area contributed by atoms with Gasteiger partial charge in [-0.15, -0.1) is 4.68 Å². The van der Waals surface area contributed by atoms with E-state index in [0.29, 0.717) is 5.56 Å². The zero-order valence-electron chi connectivity index (χ0n) is 10.5. The molecule has 0 atom stereocenters. The molecule has 1 heterocycles. The molecule has 0 bridgehead atoms. The van der Waals surface area contributed by atoms with Crippen LogP contribution in [-0.2, 0) is 0 Å². The van der Waals surface area contributed by atoms with Crippen LogP contribution in [0.25, 0.3) is 16.8 Å². The number of rotatable bonds is 3. The molecule has 0 amide bonds. The van der Waals surface area contributed by atoms with Gasteiger partial charge in [0.15, 0.2) is 0 Å². The molecule has 3 rings (SSSR count). The van der Waals surface area contributed by atoms with Crippen molar-refractivity contribution < 1.29 is 4.92 Å². The van der Waals surface area contributed by atoms with Crippen molar-refractivity contribution in [2.45, 2.75) is 0 Å².